The van der Waals surface area contributed by atoms with Crippen LogP contribution in [0.3, 0.4) is 0 Å². The summed E-state index contributed by atoms with van der Waals surface area (Å²) in [5, 5.41) is 9.66. The van der Waals surface area contributed by atoms with Gasteiger partial charge in [0.2, 0.25) is 0 Å². The molecule has 0 bridgehead atoms. The van der Waals surface area contributed by atoms with Crippen molar-refractivity contribution in [2.45, 2.75) is 187 Å². The Hall–Kier alpha value is -4.27. The number of rotatable bonds is 44. The fraction of sp³-hybridized carbons (Fsp3) is 0.603. The van der Waals surface area contributed by atoms with E-state index in [-0.39, 0.29) is 42.7 Å². The molecule has 0 radical (unpaired) electrons. The Morgan fingerprint density at radius 1 is 0.455 bits per heavy atom. The molecule has 372 valence electrons. The van der Waals surface area contributed by atoms with Crippen molar-refractivity contribution in [2.75, 3.05) is 41.0 Å². The van der Waals surface area contributed by atoms with E-state index in [1.54, 1.807) is 0 Å². The van der Waals surface area contributed by atoms with Crippen LogP contribution in [0.25, 0.3) is 0 Å². The first-order chi connectivity index (χ1) is 32.1. The average Bonchev–Trinajstić information content (AvgIpc) is 3.28. The summed E-state index contributed by atoms with van der Waals surface area (Å²) in [6.45, 7) is 4.43. The molecule has 0 fully saturated rings. The summed E-state index contributed by atoms with van der Waals surface area (Å²) in [7, 11) is 5.50. The molecule has 0 saturated carbocycles. The van der Waals surface area contributed by atoms with E-state index < -0.39 is 18.1 Å². The van der Waals surface area contributed by atoms with Gasteiger partial charge in [-0.2, -0.15) is 0 Å². The van der Waals surface area contributed by atoms with Gasteiger partial charge in [-0.05, 0) is 96.3 Å². The smallest absolute Gasteiger partial charge is 0.362 e. The van der Waals surface area contributed by atoms with Crippen LogP contribution in [0.2, 0.25) is 0 Å². The van der Waals surface area contributed by atoms with Gasteiger partial charge in [0, 0.05) is 19.3 Å². The summed E-state index contributed by atoms with van der Waals surface area (Å²) in [6.07, 6.45) is 66.8. The van der Waals surface area contributed by atoms with E-state index in [1.807, 2.05) is 21.1 Å². The molecule has 2 atom stereocenters. The number of carboxylic acids is 1. The number of hydrogen-bond acceptors (Lipinski definition) is 6. The van der Waals surface area contributed by atoms with Crippen LogP contribution in [0.4, 0.5) is 0 Å². The molecule has 0 aliphatic heterocycles. The van der Waals surface area contributed by atoms with E-state index in [4.69, 9.17) is 14.2 Å². The standard InChI is InChI=1S/C58H93NO7/c1-6-8-10-12-14-16-18-20-22-24-26-28-29-31-32-34-36-38-40-42-44-46-48-56(60)65-53-54(52-64-51-50-55(58(62)63)59(3,4)5)66-57(61)49-47-45-43-41-39-37-35-33-30-27-25-23-21-19-17-15-13-11-9-7-2/h8-11,14-17,20-23,26-28,30,35,37,41,43,54-55H,6-7,12-13,18-19,24-25,29,31-34,36,38-40,42,44-53H2,1-5H3/p+1/b10-8+,11-9+,16-14+,17-15+,22-20+,23-21+,28-26+,30-27+,37-35+,43-41+. The molecule has 0 aromatic heterocycles. The lowest BCUT2D eigenvalue weighted by atomic mass is 10.1. The largest absolute Gasteiger partial charge is 0.477 e. The number of esters is 2. The van der Waals surface area contributed by atoms with Gasteiger partial charge in [-0.25, -0.2) is 4.79 Å². The fourth-order valence-electron chi connectivity index (χ4n) is 6.74. The van der Waals surface area contributed by atoms with Crippen LogP contribution in [-0.4, -0.2) is 80.6 Å². The summed E-state index contributed by atoms with van der Waals surface area (Å²) in [5.74, 6) is -1.57. The predicted octanol–water partition coefficient (Wildman–Crippen LogP) is 15.0. The summed E-state index contributed by atoms with van der Waals surface area (Å²) in [5.41, 5.74) is 0. The van der Waals surface area contributed by atoms with Crippen molar-refractivity contribution < 1.29 is 38.2 Å². The molecule has 0 spiro atoms. The molecule has 0 aromatic rings. The zero-order valence-electron chi connectivity index (χ0n) is 42.3. The fourth-order valence-corrected chi connectivity index (χ4v) is 6.74. The van der Waals surface area contributed by atoms with Gasteiger partial charge in [0.1, 0.15) is 6.61 Å². The number of unbranched alkanes of at least 4 members (excludes halogenated alkanes) is 10. The molecule has 0 amide bonds. The van der Waals surface area contributed by atoms with Gasteiger partial charge >= 0.3 is 17.9 Å². The third-order valence-electron chi connectivity index (χ3n) is 10.6. The number of carboxylic acid groups (broad SMARTS) is 1. The minimum atomic E-state index is -0.890. The van der Waals surface area contributed by atoms with E-state index in [2.05, 4.69) is 135 Å². The molecular weight excluding hydrogens is 823 g/mol. The molecule has 0 aliphatic rings. The number of ether oxygens (including phenoxy) is 3. The van der Waals surface area contributed by atoms with Crippen molar-refractivity contribution in [3.8, 4) is 0 Å². The van der Waals surface area contributed by atoms with Crippen molar-refractivity contribution in [3.05, 3.63) is 122 Å². The third kappa shape index (κ3) is 44.9. The van der Waals surface area contributed by atoms with Crippen molar-refractivity contribution in [3.63, 3.8) is 0 Å². The maximum atomic E-state index is 12.8. The van der Waals surface area contributed by atoms with Gasteiger partial charge < -0.3 is 23.8 Å². The summed E-state index contributed by atoms with van der Waals surface area (Å²) >= 11 is 0. The number of quaternary nitrogens is 1. The molecule has 0 aromatic carbocycles. The quantitative estimate of drug-likeness (QED) is 0.0281. The molecule has 8 heteroatoms. The van der Waals surface area contributed by atoms with Crippen LogP contribution in [0, 0.1) is 0 Å². The molecule has 66 heavy (non-hydrogen) atoms. The lowest BCUT2D eigenvalue weighted by molar-refractivity contribution is -0.887. The molecular formula is C58H94NO7+. The van der Waals surface area contributed by atoms with E-state index >= 15 is 0 Å². The molecule has 0 rings (SSSR count). The van der Waals surface area contributed by atoms with Gasteiger partial charge in [0.15, 0.2) is 12.1 Å². The monoisotopic (exact) mass is 917 g/mol. The molecule has 0 saturated heterocycles. The number of nitrogens with zero attached hydrogens (tertiary/aromatic N) is 1. The Balaban J connectivity index is 4.38. The Morgan fingerprint density at radius 2 is 0.818 bits per heavy atom. The van der Waals surface area contributed by atoms with Crippen molar-refractivity contribution in [1.82, 2.24) is 0 Å². The second kappa shape index (κ2) is 47.2. The number of allylic oxidation sites excluding steroid dienone is 20. The average molecular weight is 917 g/mol. The first-order valence-corrected chi connectivity index (χ1v) is 25.6. The van der Waals surface area contributed by atoms with Crippen LogP contribution in [0.5, 0.6) is 0 Å². The normalized spacial score (nSPS) is 13.9. The van der Waals surface area contributed by atoms with Crippen molar-refractivity contribution in [1.29, 1.82) is 0 Å². The number of hydrogen-bond donors (Lipinski definition) is 1. The lowest BCUT2D eigenvalue weighted by Gasteiger charge is -2.31. The van der Waals surface area contributed by atoms with Crippen molar-refractivity contribution in [2.24, 2.45) is 0 Å². The van der Waals surface area contributed by atoms with E-state index in [9.17, 15) is 19.5 Å². The van der Waals surface area contributed by atoms with Crippen LogP contribution in [0.15, 0.2) is 122 Å². The lowest BCUT2D eigenvalue weighted by Crippen LogP contribution is -2.50. The molecule has 1 N–H and O–H groups in total. The highest BCUT2D eigenvalue weighted by atomic mass is 16.6. The van der Waals surface area contributed by atoms with E-state index in [1.165, 1.54) is 38.5 Å². The molecule has 8 nitrogen and oxygen atoms in total. The molecule has 0 heterocycles. The molecule has 0 aliphatic carbocycles. The number of carbonyl (C=O) groups excluding carboxylic acids is 2. The molecule has 2 unspecified atom stereocenters. The zero-order valence-corrected chi connectivity index (χ0v) is 42.3. The highest BCUT2D eigenvalue weighted by Crippen LogP contribution is 2.13. The summed E-state index contributed by atoms with van der Waals surface area (Å²) in [4.78, 5) is 37.2. The van der Waals surface area contributed by atoms with Crippen LogP contribution in [-0.2, 0) is 28.6 Å². The Labute approximate surface area is 403 Å². The predicted molar refractivity (Wildman–Crippen MR) is 279 cm³/mol. The van der Waals surface area contributed by atoms with Gasteiger partial charge in [-0.3, -0.25) is 9.59 Å². The maximum Gasteiger partial charge on any atom is 0.362 e. The van der Waals surface area contributed by atoms with Crippen LogP contribution < -0.4 is 0 Å². The SMILES string of the molecule is CC/C=C/C/C=C/C/C=C/C/C=C/C/C=C/C/C=C/CCCC(=O)OC(COCCC(C(=O)O)[N+](C)(C)C)COC(=O)CCCCCCCCCCC/C=C/C/C=C/C/C=C/C/C=C/CC. The van der Waals surface area contributed by atoms with Crippen molar-refractivity contribution >= 4 is 17.9 Å². The minimum Gasteiger partial charge on any atom is -0.477 e. The number of aliphatic carboxylic acids is 1. The Morgan fingerprint density at radius 3 is 1.23 bits per heavy atom. The number of likely N-dealkylation sites (N-methyl/N-ethyl adjacent to an activating group) is 1. The van der Waals surface area contributed by atoms with Gasteiger partial charge in [-0.15, -0.1) is 0 Å². The maximum absolute atomic E-state index is 12.8. The minimum absolute atomic E-state index is 0.0279. The first kappa shape index (κ1) is 61.7. The van der Waals surface area contributed by atoms with E-state index in [0.717, 1.165) is 96.3 Å². The topological polar surface area (TPSA) is 99.1 Å². The Bertz CT molecular complexity index is 1490. The van der Waals surface area contributed by atoms with Gasteiger partial charge in [0.05, 0.1) is 34.4 Å². The highest BCUT2D eigenvalue weighted by molar-refractivity contribution is 5.72. The highest BCUT2D eigenvalue weighted by Gasteiger charge is 2.31. The zero-order chi connectivity index (χ0) is 48.4. The van der Waals surface area contributed by atoms with Crippen LogP contribution >= 0.6 is 0 Å². The van der Waals surface area contributed by atoms with Gasteiger partial charge in [0.25, 0.3) is 0 Å². The first-order valence-electron chi connectivity index (χ1n) is 25.6. The third-order valence-corrected chi connectivity index (χ3v) is 10.6. The second-order valence-corrected chi connectivity index (χ2v) is 17.7. The number of carbonyl (C=O) groups is 3. The van der Waals surface area contributed by atoms with Crippen LogP contribution in [0.1, 0.15) is 174 Å². The van der Waals surface area contributed by atoms with Gasteiger partial charge in [-0.1, -0.05) is 180 Å². The van der Waals surface area contributed by atoms with E-state index in [0.29, 0.717) is 19.3 Å². The second-order valence-electron chi connectivity index (χ2n) is 17.7. The Kier molecular flexibility index (Phi) is 44.2. The summed E-state index contributed by atoms with van der Waals surface area (Å²) in [6, 6.07) is -0.634. The summed E-state index contributed by atoms with van der Waals surface area (Å²) < 4.78 is 17.3.